The van der Waals surface area contributed by atoms with Crippen molar-refractivity contribution < 1.29 is 22.0 Å². The van der Waals surface area contributed by atoms with Gasteiger partial charge >= 0.3 is 0 Å². The van der Waals surface area contributed by atoms with E-state index < -0.39 is 6.67 Å². The second-order valence-corrected chi connectivity index (χ2v) is 27.0. The van der Waals surface area contributed by atoms with Gasteiger partial charge in [0, 0.05) is 5.92 Å². The van der Waals surface area contributed by atoms with E-state index in [1.54, 1.807) is 0 Å². The summed E-state index contributed by atoms with van der Waals surface area (Å²) < 4.78 is 68.9. The van der Waals surface area contributed by atoms with Gasteiger partial charge in [0.05, 0.1) is 33.4 Å². The van der Waals surface area contributed by atoms with Gasteiger partial charge in [-0.3, -0.25) is 22.0 Å². The molecule has 0 aliphatic carbocycles. The molecule has 0 aromatic heterocycles. The standard InChI is InChI=1S/C74H103F5/c1-55(2)56-22-32-65(33-23-56)70(3,4)45-15-20-57(21-16-50-75)60-24-34-67(35-25-60)72(7,8)47-42-58(18-13-14-19-59(44-52-77)62-28-38-69(39-29-62)74(11,12)49-53-78)61-26-36-68(37-27-61)73(9,10)48-43-64(54-79)63-30-40-66(41-31-63)71(5,6)46-17-51-76/h22-41,57-59,64H,1,13-21,42-54H2,2-12H3. The van der Waals surface area contributed by atoms with Gasteiger partial charge in [0.2, 0.25) is 0 Å². The molecule has 4 unspecified atom stereocenters. The first kappa shape index (κ1) is 65.3. The van der Waals surface area contributed by atoms with E-state index in [0.29, 0.717) is 37.5 Å². The molecule has 0 saturated carbocycles. The van der Waals surface area contributed by atoms with E-state index in [0.717, 1.165) is 106 Å². The summed E-state index contributed by atoms with van der Waals surface area (Å²) >= 11 is 0. The van der Waals surface area contributed by atoms with Crippen LogP contribution in [0.3, 0.4) is 0 Å². The highest BCUT2D eigenvalue weighted by molar-refractivity contribution is 5.61. The molecule has 0 radical (unpaired) electrons. The summed E-state index contributed by atoms with van der Waals surface area (Å²) in [6.07, 6.45) is 14.5. The Morgan fingerprint density at radius 3 is 0.987 bits per heavy atom. The molecule has 79 heavy (non-hydrogen) atoms. The Morgan fingerprint density at radius 1 is 0.316 bits per heavy atom. The number of rotatable bonds is 36. The van der Waals surface area contributed by atoms with Crippen molar-refractivity contribution in [1.29, 1.82) is 0 Å². The second kappa shape index (κ2) is 30.5. The fourth-order valence-electron chi connectivity index (χ4n) is 12.4. The minimum atomic E-state index is -0.407. The van der Waals surface area contributed by atoms with E-state index >= 15 is 0 Å². The molecule has 0 spiro atoms. The molecule has 434 valence electrons. The van der Waals surface area contributed by atoms with Crippen molar-refractivity contribution in [2.75, 3.05) is 33.4 Å². The van der Waals surface area contributed by atoms with Gasteiger partial charge in [-0.15, -0.1) is 0 Å². The number of hydrogen-bond acceptors (Lipinski definition) is 0. The Kier molecular flexibility index (Phi) is 25.2. The summed E-state index contributed by atoms with van der Waals surface area (Å²) in [5.74, 6) is 0.610. The van der Waals surface area contributed by atoms with Gasteiger partial charge in [0.25, 0.3) is 0 Å². The predicted molar refractivity (Wildman–Crippen MR) is 331 cm³/mol. The van der Waals surface area contributed by atoms with Crippen molar-refractivity contribution in [3.05, 3.63) is 184 Å². The van der Waals surface area contributed by atoms with E-state index in [2.05, 4.69) is 197 Å². The van der Waals surface area contributed by atoms with Crippen molar-refractivity contribution in [1.82, 2.24) is 0 Å². The zero-order valence-corrected chi connectivity index (χ0v) is 51.0. The van der Waals surface area contributed by atoms with Crippen LogP contribution < -0.4 is 0 Å². The van der Waals surface area contributed by atoms with E-state index in [-0.39, 0.29) is 65.6 Å². The molecule has 5 rings (SSSR count). The Hall–Kier alpha value is -4.51. The highest BCUT2D eigenvalue weighted by Crippen LogP contribution is 2.41. The molecule has 0 fully saturated rings. The van der Waals surface area contributed by atoms with Crippen LogP contribution in [-0.2, 0) is 27.1 Å². The maximum Gasteiger partial charge on any atom is 0.0962 e. The minimum absolute atomic E-state index is 0.0390. The van der Waals surface area contributed by atoms with Crippen LogP contribution in [0.1, 0.15) is 265 Å². The number of unbranched alkanes of at least 4 members (excludes halogenated alkanes) is 1. The van der Waals surface area contributed by atoms with Crippen LogP contribution in [0, 0.1) is 0 Å². The summed E-state index contributed by atoms with van der Waals surface area (Å²) in [5, 5.41) is 0. The number of allylic oxidation sites excluding steroid dienone is 1. The third-order valence-electron chi connectivity index (χ3n) is 18.7. The van der Waals surface area contributed by atoms with Crippen molar-refractivity contribution in [2.45, 2.75) is 236 Å². The summed E-state index contributed by atoms with van der Waals surface area (Å²) in [5.41, 5.74) is 12.7. The number of halogens is 5. The average molecular weight is 1090 g/mol. The van der Waals surface area contributed by atoms with Crippen molar-refractivity contribution in [3.63, 3.8) is 0 Å². The second-order valence-electron chi connectivity index (χ2n) is 27.0. The lowest BCUT2D eigenvalue weighted by molar-refractivity contribution is 0.369. The van der Waals surface area contributed by atoms with E-state index in [4.69, 9.17) is 0 Å². The lowest BCUT2D eigenvalue weighted by atomic mass is 9.75. The van der Waals surface area contributed by atoms with Crippen LogP contribution in [0.4, 0.5) is 22.0 Å². The predicted octanol–water partition coefficient (Wildman–Crippen LogP) is 22.7. The van der Waals surface area contributed by atoms with Crippen molar-refractivity contribution in [3.8, 4) is 0 Å². The molecule has 5 aromatic carbocycles. The van der Waals surface area contributed by atoms with Gasteiger partial charge in [0.15, 0.2) is 0 Å². The van der Waals surface area contributed by atoms with Gasteiger partial charge in [0.1, 0.15) is 0 Å². The van der Waals surface area contributed by atoms with Crippen LogP contribution in [0.5, 0.6) is 0 Å². The fourth-order valence-corrected chi connectivity index (χ4v) is 12.4. The molecule has 0 aliphatic heterocycles. The summed E-state index contributed by atoms with van der Waals surface area (Å²) in [6, 6.07) is 44.3. The molecule has 0 N–H and O–H groups in total. The first-order valence-electron chi connectivity index (χ1n) is 30.5. The van der Waals surface area contributed by atoms with Crippen LogP contribution >= 0.6 is 0 Å². The van der Waals surface area contributed by atoms with Gasteiger partial charge in [-0.25, -0.2) is 0 Å². The van der Waals surface area contributed by atoms with Gasteiger partial charge in [-0.1, -0.05) is 222 Å². The molecule has 0 amide bonds. The van der Waals surface area contributed by atoms with E-state index in [1.807, 2.05) is 6.92 Å². The summed E-state index contributed by atoms with van der Waals surface area (Å²) in [6.45, 7) is 26.9. The van der Waals surface area contributed by atoms with Crippen molar-refractivity contribution >= 4 is 5.57 Å². The Morgan fingerprint density at radius 2 is 0.620 bits per heavy atom. The van der Waals surface area contributed by atoms with Gasteiger partial charge in [-0.2, -0.15) is 0 Å². The largest absolute Gasteiger partial charge is 0.251 e. The van der Waals surface area contributed by atoms with Crippen LogP contribution in [0.25, 0.3) is 5.57 Å². The molecule has 0 bridgehead atoms. The molecule has 0 saturated heterocycles. The first-order valence-corrected chi connectivity index (χ1v) is 30.5. The topological polar surface area (TPSA) is 0 Å². The zero-order chi connectivity index (χ0) is 57.9. The molecule has 5 aromatic rings. The Bertz CT molecular complexity index is 2510. The van der Waals surface area contributed by atoms with Gasteiger partial charge < -0.3 is 0 Å². The van der Waals surface area contributed by atoms with Crippen LogP contribution in [0.2, 0.25) is 0 Å². The SMILES string of the molecule is C=C(C)c1ccc(C(C)(C)CCCC(CCCF)c2ccc(C(C)(C)CCC(CCCCC(CCF)c3ccc(C(C)(C)CCF)cc3)c3ccc(C(C)(C)CCC(CF)c4ccc(C(C)(C)CCCF)cc4)cc3)cc2)cc1. The molecule has 4 atom stereocenters. The molecule has 5 heteroatoms. The monoisotopic (exact) mass is 1090 g/mol. The average Bonchev–Trinajstić information content (AvgIpc) is 3.46. The summed E-state index contributed by atoms with van der Waals surface area (Å²) in [7, 11) is 0. The molecular weight excluding hydrogens is 984 g/mol. The van der Waals surface area contributed by atoms with Crippen LogP contribution in [-0.4, -0.2) is 33.4 Å². The van der Waals surface area contributed by atoms with E-state index in [9.17, 15) is 22.0 Å². The number of benzene rings is 5. The quantitative estimate of drug-likeness (QED) is 0.0277. The van der Waals surface area contributed by atoms with E-state index in [1.165, 1.54) is 38.9 Å². The number of hydrogen-bond donors (Lipinski definition) is 0. The lowest BCUT2D eigenvalue weighted by Gasteiger charge is -2.30. The highest BCUT2D eigenvalue weighted by atomic mass is 19.1. The maximum atomic E-state index is 14.8. The molecule has 0 nitrogen and oxygen atoms in total. The highest BCUT2D eigenvalue weighted by Gasteiger charge is 2.29. The third kappa shape index (κ3) is 19.3. The normalized spacial score (nSPS) is 14.3. The smallest absolute Gasteiger partial charge is 0.0962 e. The molecular formula is C74H103F5. The minimum Gasteiger partial charge on any atom is -0.251 e. The third-order valence-corrected chi connectivity index (χ3v) is 18.7. The molecule has 0 aliphatic rings. The zero-order valence-electron chi connectivity index (χ0n) is 51.0. The lowest BCUT2D eigenvalue weighted by Crippen LogP contribution is -2.20. The van der Waals surface area contributed by atoms with Gasteiger partial charge in [-0.05, 0) is 197 Å². The Labute approximate surface area is 478 Å². The summed E-state index contributed by atoms with van der Waals surface area (Å²) in [4.78, 5) is 0. The number of alkyl halides is 5. The van der Waals surface area contributed by atoms with Crippen molar-refractivity contribution in [2.24, 2.45) is 0 Å². The Balaban J connectivity index is 1.29. The fraction of sp³-hybridized carbons (Fsp3) is 0.568. The molecule has 0 heterocycles. The first-order chi connectivity index (χ1) is 37.5. The van der Waals surface area contributed by atoms with Crippen LogP contribution in [0.15, 0.2) is 128 Å². The maximum absolute atomic E-state index is 14.8.